The molecule has 27 heavy (non-hydrogen) atoms. The van der Waals surface area contributed by atoms with Crippen LogP contribution in [-0.4, -0.2) is 47.2 Å². The Kier molecular flexibility index (Phi) is 5.75. The number of aromatic nitrogens is 2. The number of benzene rings is 1. The fourth-order valence-corrected chi connectivity index (χ4v) is 2.50. The van der Waals surface area contributed by atoms with Gasteiger partial charge in [0.25, 0.3) is 5.91 Å². The normalized spacial score (nSPS) is 14.7. The Labute approximate surface area is 153 Å². The molecule has 0 spiro atoms. The molecular formula is C17H17F3N4O3. The summed E-state index contributed by atoms with van der Waals surface area (Å²) in [4.78, 5) is 13.8. The third kappa shape index (κ3) is 5.55. The first-order chi connectivity index (χ1) is 12.9. The summed E-state index contributed by atoms with van der Waals surface area (Å²) in [6.45, 7) is 1.69. The topological polar surface area (TPSA) is 76.6 Å². The summed E-state index contributed by atoms with van der Waals surface area (Å²) in [5, 5.41) is 10.8. The van der Waals surface area contributed by atoms with Gasteiger partial charge >= 0.3 is 6.36 Å². The zero-order valence-corrected chi connectivity index (χ0v) is 14.2. The van der Waals surface area contributed by atoms with E-state index >= 15 is 0 Å². The molecule has 1 amide bonds. The fourth-order valence-electron chi connectivity index (χ4n) is 2.50. The number of hydrogen-bond donors (Lipinski definition) is 1. The first-order valence-electron chi connectivity index (χ1n) is 8.20. The highest BCUT2D eigenvalue weighted by Gasteiger charge is 2.31. The van der Waals surface area contributed by atoms with E-state index in [0.29, 0.717) is 24.5 Å². The Hall–Kier alpha value is -2.88. The minimum atomic E-state index is -4.74. The third-order valence-electron chi connectivity index (χ3n) is 3.74. The van der Waals surface area contributed by atoms with Gasteiger partial charge in [-0.3, -0.25) is 4.79 Å². The SMILES string of the molecule is O=C(c1ccc(NCc2cccc(OC(F)(F)F)c2)nn1)N1CCCOC1. The number of ether oxygens (including phenoxy) is 2. The smallest absolute Gasteiger partial charge is 0.406 e. The lowest BCUT2D eigenvalue weighted by molar-refractivity contribution is -0.274. The summed E-state index contributed by atoms with van der Waals surface area (Å²) in [6, 6.07) is 8.74. The van der Waals surface area contributed by atoms with E-state index in [1.54, 1.807) is 17.0 Å². The second-order valence-electron chi connectivity index (χ2n) is 5.81. The highest BCUT2D eigenvalue weighted by molar-refractivity contribution is 5.92. The lowest BCUT2D eigenvalue weighted by Gasteiger charge is -2.26. The van der Waals surface area contributed by atoms with Gasteiger partial charge in [-0.1, -0.05) is 12.1 Å². The number of amides is 1. The van der Waals surface area contributed by atoms with Gasteiger partial charge in [-0.2, -0.15) is 0 Å². The molecule has 1 aromatic heterocycles. The maximum atomic E-state index is 12.3. The van der Waals surface area contributed by atoms with Crippen LogP contribution in [0.15, 0.2) is 36.4 Å². The van der Waals surface area contributed by atoms with Crippen LogP contribution in [0.1, 0.15) is 22.5 Å². The van der Waals surface area contributed by atoms with Crippen LogP contribution in [0.25, 0.3) is 0 Å². The average molecular weight is 382 g/mol. The van der Waals surface area contributed by atoms with Crippen LogP contribution < -0.4 is 10.1 Å². The average Bonchev–Trinajstić information content (AvgIpc) is 2.66. The molecule has 1 aromatic carbocycles. The summed E-state index contributed by atoms with van der Waals surface area (Å²) in [5.74, 6) is -0.160. The summed E-state index contributed by atoms with van der Waals surface area (Å²) in [6.07, 6.45) is -3.96. The third-order valence-corrected chi connectivity index (χ3v) is 3.74. The van der Waals surface area contributed by atoms with Gasteiger partial charge in [0.15, 0.2) is 5.69 Å². The van der Waals surface area contributed by atoms with Crippen molar-refractivity contribution in [1.82, 2.24) is 15.1 Å². The minimum absolute atomic E-state index is 0.201. The van der Waals surface area contributed by atoms with Gasteiger partial charge in [-0.05, 0) is 36.2 Å². The molecule has 1 aliphatic heterocycles. The molecule has 1 fully saturated rings. The molecule has 0 saturated carbocycles. The molecule has 7 nitrogen and oxygen atoms in total. The first kappa shape index (κ1) is 18.9. The molecule has 0 aliphatic carbocycles. The molecule has 0 radical (unpaired) electrons. The number of halogens is 3. The van der Waals surface area contributed by atoms with Crippen molar-refractivity contribution in [1.29, 1.82) is 0 Å². The molecule has 0 bridgehead atoms. The van der Waals surface area contributed by atoms with Crippen molar-refractivity contribution in [3.8, 4) is 5.75 Å². The summed E-state index contributed by atoms with van der Waals surface area (Å²) >= 11 is 0. The van der Waals surface area contributed by atoms with Crippen LogP contribution >= 0.6 is 0 Å². The van der Waals surface area contributed by atoms with Crippen LogP contribution in [0.3, 0.4) is 0 Å². The largest absolute Gasteiger partial charge is 0.573 e. The van der Waals surface area contributed by atoms with Crippen LogP contribution in [-0.2, 0) is 11.3 Å². The predicted molar refractivity (Wildman–Crippen MR) is 89.0 cm³/mol. The molecule has 10 heteroatoms. The molecular weight excluding hydrogens is 365 g/mol. The van der Waals surface area contributed by atoms with Gasteiger partial charge < -0.3 is 19.7 Å². The van der Waals surface area contributed by atoms with Gasteiger partial charge in [-0.15, -0.1) is 23.4 Å². The summed E-state index contributed by atoms with van der Waals surface area (Å²) in [5.41, 5.74) is 0.774. The van der Waals surface area contributed by atoms with Gasteiger partial charge in [0.05, 0.1) is 6.61 Å². The van der Waals surface area contributed by atoms with Crippen molar-refractivity contribution in [2.24, 2.45) is 0 Å². The number of anilines is 1. The molecule has 2 heterocycles. The van der Waals surface area contributed by atoms with E-state index in [2.05, 4.69) is 20.3 Å². The van der Waals surface area contributed by atoms with Crippen LogP contribution in [0, 0.1) is 0 Å². The quantitative estimate of drug-likeness (QED) is 0.857. The van der Waals surface area contributed by atoms with Gasteiger partial charge in [0, 0.05) is 13.1 Å². The van der Waals surface area contributed by atoms with E-state index in [-0.39, 0.29) is 30.6 Å². The van der Waals surface area contributed by atoms with Gasteiger partial charge in [0.2, 0.25) is 0 Å². The number of nitrogens with zero attached hydrogens (tertiary/aromatic N) is 3. The van der Waals surface area contributed by atoms with Gasteiger partial charge in [0.1, 0.15) is 18.3 Å². The molecule has 0 atom stereocenters. The summed E-state index contributed by atoms with van der Waals surface area (Å²) < 4.78 is 45.9. The van der Waals surface area contributed by atoms with Crippen molar-refractivity contribution in [3.63, 3.8) is 0 Å². The Bertz CT molecular complexity index is 778. The Morgan fingerprint density at radius 1 is 1.26 bits per heavy atom. The second kappa shape index (κ2) is 8.21. The van der Waals surface area contributed by atoms with E-state index in [1.165, 1.54) is 24.3 Å². The van der Waals surface area contributed by atoms with E-state index in [9.17, 15) is 18.0 Å². The zero-order chi connectivity index (χ0) is 19.3. The van der Waals surface area contributed by atoms with Crippen LogP contribution in [0.4, 0.5) is 19.0 Å². The Balaban J connectivity index is 1.57. The molecule has 3 rings (SSSR count). The number of carbonyl (C=O) groups excluding carboxylic acids is 1. The van der Waals surface area contributed by atoms with Crippen molar-refractivity contribution < 1.29 is 27.4 Å². The lowest BCUT2D eigenvalue weighted by atomic mass is 10.2. The van der Waals surface area contributed by atoms with E-state index < -0.39 is 6.36 Å². The Morgan fingerprint density at radius 3 is 2.78 bits per heavy atom. The predicted octanol–water partition coefficient (Wildman–Crippen LogP) is 2.81. The standard InChI is InChI=1S/C17H17F3N4O3/c18-17(19,20)27-13-4-1-3-12(9-13)10-21-15-6-5-14(22-23-15)16(25)24-7-2-8-26-11-24/h1,3-6,9H,2,7-8,10-11H2,(H,21,23). The molecule has 1 saturated heterocycles. The molecule has 1 N–H and O–H groups in total. The monoisotopic (exact) mass is 382 g/mol. The van der Waals surface area contributed by atoms with E-state index in [4.69, 9.17) is 4.74 Å². The highest BCUT2D eigenvalue weighted by atomic mass is 19.4. The number of carbonyl (C=O) groups is 1. The molecule has 144 valence electrons. The summed E-state index contributed by atoms with van der Waals surface area (Å²) in [7, 11) is 0. The molecule has 0 unspecified atom stereocenters. The van der Waals surface area contributed by atoms with Crippen molar-refractivity contribution in [3.05, 3.63) is 47.7 Å². The minimum Gasteiger partial charge on any atom is -0.406 e. The molecule has 2 aromatic rings. The maximum Gasteiger partial charge on any atom is 0.573 e. The van der Waals surface area contributed by atoms with Gasteiger partial charge in [-0.25, -0.2) is 0 Å². The van der Waals surface area contributed by atoms with Crippen molar-refractivity contribution in [2.75, 3.05) is 25.2 Å². The van der Waals surface area contributed by atoms with Crippen LogP contribution in [0.2, 0.25) is 0 Å². The second-order valence-corrected chi connectivity index (χ2v) is 5.81. The number of alkyl halides is 3. The van der Waals surface area contributed by atoms with Crippen LogP contribution in [0.5, 0.6) is 5.75 Å². The number of rotatable bonds is 5. The van der Waals surface area contributed by atoms with E-state index in [0.717, 1.165) is 6.42 Å². The fraction of sp³-hybridized carbons (Fsp3) is 0.353. The zero-order valence-electron chi connectivity index (χ0n) is 14.2. The van der Waals surface area contributed by atoms with E-state index in [1.807, 2.05) is 0 Å². The Morgan fingerprint density at radius 2 is 2.11 bits per heavy atom. The first-order valence-corrected chi connectivity index (χ1v) is 8.20. The number of nitrogens with one attached hydrogen (secondary N) is 1. The molecule has 1 aliphatic rings. The van der Waals surface area contributed by atoms with Crippen molar-refractivity contribution >= 4 is 11.7 Å². The number of hydrogen-bond acceptors (Lipinski definition) is 6. The highest BCUT2D eigenvalue weighted by Crippen LogP contribution is 2.23. The lowest BCUT2D eigenvalue weighted by Crippen LogP contribution is -2.38. The maximum absolute atomic E-state index is 12.3. The van der Waals surface area contributed by atoms with Crippen molar-refractivity contribution in [2.45, 2.75) is 19.3 Å².